The molecule has 1 aliphatic heterocycles. The summed E-state index contributed by atoms with van der Waals surface area (Å²) in [5, 5.41) is 2.98. The Morgan fingerprint density at radius 1 is 1.58 bits per heavy atom. The van der Waals surface area contributed by atoms with Crippen molar-refractivity contribution in [1.29, 1.82) is 0 Å². The molecule has 5 heteroatoms. The number of likely N-dealkylation sites (tertiary alicyclic amines) is 1. The minimum absolute atomic E-state index is 0.160. The smallest absolute Gasteiger partial charge is 0.251 e. The predicted molar refractivity (Wildman–Crippen MR) is 76.7 cm³/mol. The summed E-state index contributed by atoms with van der Waals surface area (Å²) in [5.41, 5.74) is 0.370. The molecule has 1 heterocycles. The Morgan fingerprint density at radius 2 is 2.37 bits per heavy atom. The number of halogens is 2. The average Bonchev–Trinajstić information content (AvgIpc) is 2.42. The summed E-state index contributed by atoms with van der Waals surface area (Å²) in [4.78, 5) is 14.4. The number of hydrogen-bond donors (Lipinski definition) is 1. The highest BCUT2D eigenvalue weighted by Crippen LogP contribution is 2.17. The van der Waals surface area contributed by atoms with Crippen LogP contribution in [0.5, 0.6) is 0 Å². The molecule has 1 N–H and O–H groups in total. The van der Waals surface area contributed by atoms with E-state index in [9.17, 15) is 9.18 Å². The van der Waals surface area contributed by atoms with Crippen LogP contribution in [0, 0.1) is 5.82 Å². The van der Waals surface area contributed by atoms with Gasteiger partial charge in [0, 0.05) is 18.2 Å². The van der Waals surface area contributed by atoms with E-state index in [0.29, 0.717) is 10.0 Å². The monoisotopic (exact) mass is 328 g/mol. The van der Waals surface area contributed by atoms with Crippen molar-refractivity contribution in [3.05, 3.63) is 34.1 Å². The van der Waals surface area contributed by atoms with E-state index in [1.165, 1.54) is 6.07 Å². The molecule has 1 aliphatic rings. The number of carbonyl (C=O) groups is 1. The second-order valence-electron chi connectivity index (χ2n) is 4.83. The zero-order valence-corrected chi connectivity index (χ0v) is 12.5. The number of likely N-dealkylation sites (N-methyl/N-ethyl adjacent to an activating group) is 1. The lowest BCUT2D eigenvalue weighted by atomic mass is 10.1. The molecule has 104 valence electrons. The summed E-state index contributed by atoms with van der Waals surface area (Å²) in [6, 6.07) is 4.61. The van der Waals surface area contributed by atoms with Crippen LogP contribution in [0.1, 0.15) is 30.1 Å². The van der Waals surface area contributed by atoms with Gasteiger partial charge in [0.15, 0.2) is 0 Å². The Labute approximate surface area is 121 Å². The maximum absolute atomic E-state index is 13.4. The van der Waals surface area contributed by atoms with Crippen molar-refractivity contribution in [3.63, 3.8) is 0 Å². The van der Waals surface area contributed by atoms with E-state index >= 15 is 0 Å². The molecule has 0 radical (unpaired) electrons. The van der Waals surface area contributed by atoms with Crippen LogP contribution in [0.3, 0.4) is 0 Å². The minimum atomic E-state index is -0.411. The quantitative estimate of drug-likeness (QED) is 0.925. The third-order valence-corrected chi connectivity index (χ3v) is 4.11. The highest BCUT2D eigenvalue weighted by molar-refractivity contribution is 9.10. The number of nitrogens with zero attached hydrogens (tertiary/aromatic N) is 1. The number of hydrogen-bond acceptors (Lipinski definition) is 2. The number of carbonyl (C=O) groups excluding carboxylic acids is 1. The van der Waals surface area contributed by atoms with Gasteiger partial charge in [-0.25, -0.2) is 4.39 Å². The lowest BCUT2D eigenvalue weighted by Gasteiger charge is -2.32. The number of rotatable bonds is 3. The Kier molecular flexibility index (Phi) is 4.93. The van der Waals surface area contributed by atoms with Gasteiger partial charge in [-0.05, 0) is 60.1 Å². The summed E-state index contributed by atoms with van der Waals surface area (Å²) in [6.07, 6.45) is 2.08. The van der Waals surface area contributed by atoms with Gasteiger partial charge < -0.3 is 10.2 Å². The van der Waals surface area contributed by atoms with E-state index in [-0.39, 0.29) is 11.9 Å². The van der Waals surface area contributed by atoms with Crippen LogP contribution in [0.2, 0.25) is 0 Å². The van der Waals surface area contributed by atoms with Crippen molar-refractivity contribution in [2.24, 2.45) is 0 Å². The van der Waals surface area contributed by atoms with Crippen LogP contribution in [0.4, 0.5) is 4.39 Å². The molecule has 0 spiro atoms. The van der Waals surface area contributed by atoms with E-state index in [1.54, 1.807) is 12.1 Å². The van der Waals surface area contributed by atoms with Gasteiger partial charge in [0.25, 0.3) is 5.91 Å². The molecule has 1 aromatic rings. The molecule has 0 bridgehead atoms. The first kappa shape index (κ1) is 14.5. The fraction of sp³-hybridized carbons (Fsp3) is 0.500. The van der Waals surface area contributed by atoms with Crippen molar-refractivity contribution in [2.75, 3.05) is 19.6 Å². The molecule has 0 aromatic heterocycles. The second kappa shape index (κ2) is 6.48. The first-order valence-corrected chi connectivity index (χ1v) is 7.37. The van der Waals surface area contributed by atoms with Crippen LogP contribution in [-0.2, 0) is 0 Å². The molecule has 1 aromatic carbocycles. The summed E-state index contributed by atoms with van der Waals surface area (Å²) >= 11 is 3.08. The van der Waals surface area contributed by atoms with E-state index in [0.717, 1.165) is 32.5 Å². The summed E-state index contributed by atoms with van der Waals surface area (Å²) in [6.45, 7) is 5.09. The summed E-state index contributed by atoms with van der Waals surface area (Å²) in [7, 11) is 0. The topological polar surface area (TPSA) is 32.3 Å². The second-order valence-corrected chi connectivity index (χ2v) is 5.69. The van der Waals surface area contributed by atoms with Gasteiger partial charge in [-0.3, -0.25) is 4.79 Å². The molecule has 1 unspecified atom stereocenters. The Balaban J connectivity index is 1.98. The maximum atomic E-state index is 13.4. The predicted octanol–water partition coefficient (Wildman–Crippen LogP) is 2.80. The SMILES string of the molecule is CCN1CCCC(NC(=O)c2ccc(Br)c(F)c2)C1. The van der Waals surface area contributed by atoms with Crippen molar-refractivity contribution in [3.8, 4) is 0 Å². The van der Waals surface area contributed by atoms with Crippen LogP contribution in [0.15, 0.2) is 22.7 Å². The van der Waals surface area contributed by atoms with Gasteiger partial charge in [-0.15, -0.1) is 0 Å². The zero-order chi connectivity index (χ0) is 13.8. The van der Waals surface area contributed by atoms with Crippen molar-refractivity contribution in [1.82, 2.24) is 10.2 Å². The summed E-state index contributed by atoms with van der Waals surface area (Å²) < 4.78 is 13.8. The van der Waals surface area contributed by atoms with Gasteiger partial charge in [0.1, 0.15) is 5.82 Å². The lowest BCUT2D eigenvalue weighted by Crippen LogP contribution is -2.47. The van der Waals surface area contributed by atoms with Gasteiger partial charge in [-0.1, -0.05) is 6.92 Å². The molecule has 1 fully saturated rings. The highest BCUT2D eigenvalue weighted by atomic mass is 79.9. The molecule has 1 atom stereocenters. The first-order valence-electron chi connectivity index (χ1n) is 6.58. The average molecular weight is 329 g/mol. The maximum Gasteiger partial charge on any atom is 0.251 e. The first-order chi connectivity index (χ1) is 9.10. The minimum Gasteiger partial charge on any atom is -0.348 e. The van der Waals surface area contributed by atoms with E-state index in [2.05, 4.69) is 33.1 Å². The van der Waals surface area contributed by atoms with Crippen LogP contribution in [0.25, 0.3) is 0 Å². The highest BCUT2D eigenvalue weighted by Gasteiger charge is 2.21. The van der Waals surface area contributed by atoms with Gasteiger partial charge in [-0.2, -0.15) is 0 Å². The Bertz CT molecular complexity index is 467. The van der Waals surface area contributed by atoms with Crippen molar-refractivity contribution in [2.45, 2.75) is 25.8 Å². The molecular weight excluding hydrogens is 311 g/mol. The zero-order valence-electron chi connectivity index (χ0n) is 11.0. The van der Waals surface area contributed by atoms with Crippen LogP contribution < -0.4 is 5.32 Å². The summed E-state index contributed by atoms with van der Waals surface area (Å²) in [5.74, 6) is -0.610. The van der Waals surface area contributed by atoms with Gasteiger partial charge >= 0.3 is 0 Å². The van der Waals surface area contributed by atoms with Crippen molar-refractivity contribution < 1.29 is 9.18 Å². The Hall–Kier alpha value is -0.940. The van der Waals surface area contributed by atoms with E-state index < -0.39 is 5.82 Å². The third kappa shape index (κ3) is 3.76. The molecule has 3 nitrogen and oxygen atoms in total. The molecule has 2 rings (SSSR count). The standard InChI is InChI=1S/C14H18BrFN2O/c1-2-18-7-3-4-11(9-18)17-14(19)10-5-6-12(15)13(16)8-10/h5-6,8,11H,2-4,7,9H2,1H3,(H,17,19). The Morgan fingerprint density at radius 3 is 3.05 bits per heavy atom. The molecule has 0 aliphatic carbocycles. The number of nitrogens with one attached hydrogen (secondary N) is 1. The molecule has 19 heavy (non-hydrogen) atoms. The molecular formula is C14H18BrFN2O. The normalized spacial score (nSPS) is 20.3. The molecule has 1 saturated heterocycles. The largest absolute Gasteiger partial charge is 0.348 e. The van der Waals surface area contributed by atoms with Crippen molar-refractivity contribution >= 4 is 21.8 Å². The van der Waals surface area contributed by atoms with E-state index in [1.807, 2.05) is 0 Å². The van der Waals surface area contributed by atoms with Gasteiger partial charge in [0.2, 0.25) is 0 Å². The molecule has 1 amide bonds. The third-order valence-electron chi connectivity index (χ3n) is 3.47. The lowest BCUT2D eigenvalue weighted by molar-refractivity contribution is 0.0905. The number of benzene rings is 1. The fourth-order valence-corrected chi connectivity index (χ4v) is 2.61. The van der Waals surface area contributed by atoms with Gasteiger partial charge in [0.05, 0.1) is 4.47 Å². The van der Waals surface area contributed by atoms with Crippen LogP contribution >= 0.6 is 15.9 Å². The van der Waals surface area contributed by atoms with E-state index in [4.69, 9.17) is 0 Å². The fourth-order valence-electron chi connectivity index (χ4n) is 2.37. The number of amides is 1. The molecule has 0 saturated carbocycles. The van der Waals surface area contributed by atoms with Crippen LogP contribution in [-0.4, -0.2) is 36.5 Å². The number of piperidine rings is 1.